The Kier molecular flexibility index (Phi) is 5.98. The van der Waals surface area contributed by atoms with E-state index < -0.39 is 6.09 Å². The molecule has 0 atom stereocenters. The molecule has 0 aliphatic carbocycles. The van der Waals surface area contributed by atoms with E-state index in [2.05, 4.69) is 4.98 Å². The Balaban J connectivity index is 2.05. The maximum absolute atomic E-state index is 10.6. The van der Waals surface area contributed by atoms with E-state index in [1.54, 1.807) is 27.8 Å². The molecule has 0 aromatic carbocycles. The Morgan fingerprint density at radius 1 is 1.60 bits per heavy atom. The Labute approximate surface area is 95.5 Å². The smallest absolute Gasteiger partial charge is 0.421 e. The summed E-state index contributed by atoms with van der Waals surface area (Å²) in [5, 5.41) is 0.936. The molecule has 1 amide bonds. The lowest BCUT2D eigenvalue weighted by atomic mass is 10.5. The van der Waals surface area contributed by atoms with Gasteiger partial charge in [-0.25, -0.2) is 15.6 Å². The fourth-order valence-corrected chi connectivity index (χ4v) is 2.41. The second-order valence-corrected chi connectivity index (χ2v) is 4.79. The molecular weight excluding hydrogens is 234 g/mol. The van der Waals surface area contributed by atoms with Crippen LogP contribution in [0.25, 0.3) is 0 Å². The molecule has 0 unspecified atom stereocenters. The topological polar surface area (TPSA) is 77.2 Å². The summed E-state index contributed by atoms with van der Waals surface area (Å²) in [5.41, 5.74) is 1.88. The fourth-order valence-electron chi connectivity index (χ4n) is 0.708. The number of rotatable bonds is 5. The van der Waals surface area contributed by atoms with Gasteiger partial charge in [0.05, 0.1) is 0 Å². The number of carbonyl (C=O) groups is 1. The van der Waals surface area contributed by atoms with E-state index >= 15 is 0 Å². The Bertz CT molecular complexity index is 297. The molecule has 0 aliphatic rings. The number of hydrazine groups is 1. The summed E-state index contributed by atoms with van der Waals surface area (Å²) < 4.78 is 4.70. The molecule has 0 spiro atoms. The molecule has 5 nitrogen and oxygen atoms in total. The standard InChI is InChI=1S/C8H11N3O2S2/c9-11-8(12)13-5-6-14-15-7-3-1-2-4-10-7/h1-4H,5-6,9H2,(H,11,12). The average Bonchev–Trinajstić information content (AvgIpc) is 2.29. The molecule has 15 heavy (non-hydrogen) atoms. The second kappa shape index (κ2) is 7.38. The summed E-state index contributed by atoms with van der Waals surface area (Å²) in [6, 6.07) is 5.71. The molecule has 0 radical (unpaired) electrons. The van der Waals surface area contributed by atoms with Crippen molar-refractivity contribution in [2.75, 3.05) is 12.4 Å². The fraction of sp³-hybridized carbons (Fsp3) is 0.250. The van der Waals surface area contributed by atoms with E-state index in [1.807, 2.05) is 23.6 Å². The van der Waals surface area contributed by atoms with Gasteiger partial charge < -0.3 is 4.74 Å². The Morgan fingerprint density at radius 3 is 3.13 bits per heavy atom. The number of aromatic nitrogens is 1. The third-order valence-corrected chi connectivity index (χ3v) is 3.53. The van der Waals surface area contributed by atoms with Gasteiger partial charge in [-0.15, -0.1) is 0 Å². The number of carbonyl (C=O) groups excluding carboxylic acids is 1. The highest BCUT2D eigenvalue weighted by atomic mass is 33.1. The number of ether oxygens (including phenoxy) is 1. The average molecular weight is 245 g/mol. The number of nitrogens with zero attached hydrogens (tertiary/aromatic N) is 1. The van der Waals surface area contributed by atoms with Crippen molar-refractivity contribution in [2.24, 2.45) is 5.84 Å². The third-order valence-electron chi connectivity index (χ3n) is 1.30. The van der Waals surface area contributed by atoms with Crippen molar-refractivity contribution in [3.05, 3.63) is 24.4 Å². The highest BCUT2D eigenvalue weighted by Crippen LogP contribution is 2.28. The van der Waals surface area contributed by atoms with Gasteiger partial charge in [0, 0.05) is 11.9 Å². The van der Waals surface area contributed by atoms with Crippen LogP contribution in [0.1, 0.15) is 0 Å². The third kappa shape index (κ3) is 5.50. The van der Waals surface area contributed by atoms with Crippen molar-refractivity contribution in [1.82, 2.24) is 10.4 Å². The van der Waals surface area contributed by atoms with Crippen LogP contribution < -0.4 is 11.3 Å². The first-order valence-corrected chi connectivity index (χ1v) is 6.48. The van der Waals surface area contributed by atoms with Crippen LogP contribution in [0.2, 0.25) is 0 Å². The number of pyridine rings is 1. The first-order chi connectivity index (χ1) is 7.33. The molecule has 1 aromatic rings. The SMILES string of the molecule is NNC(=O)OCCSSc1ccccn1. The first-order valence-electron chi connectivity index (χ1n) is 4.17. The zero-order chi connectivity index (χ0) is 10.9. The molecule has 7 heteroatoms. The maximum atomic E-state index is 10.6. The Hall–Kier alpha value is -0.920. The molecule has 1 heterocycles. The molecule has 1 aromatic heterocycles. The van der Waals surface area contributed by atoms with E-state index in [4.69, 9.17) is 10.6 Å². The van der Waals surface area contributed by atoms with Crippen LogP contribution in [-0.4, -0.2) is 23.4 Å². The lowest BCUT2D eigenvalue weighted by molar-refractivity contribution is 0.153. The number of amides is 1. The first kappa shape index (κ1) is 12.2. The normalized spacial score (nSPS) is 9.67. The minimum Gasteiger partial charge on any atom is -0.448 e. The molecule has 82 valence electrons. The predicted molar refractivity (Wildman–Crippen MR) is 61.2 cm³/mol. The van der Waals surface area contributed by atoms with Crippen molar-refractivity contribution in [3.63, 3.8) is 0 Å². The largest absolute Gasteiger partial charge is 0.448 e. The van der Waals surface area contributed by atoms with Crippen LogP contribution in [0, 0.1) is 0 Å². The highest BCUT2D eigenvalue weighted by Gasteiger charge is 1.98. The molecule has 0 aliphatic heterocycles. The van der Waals surface area contributed by atoms with Crippen molar-refractivity contribution in [3.8, 4) is 0 Å². The van der Waals surface area contributed by atoms with E-state index in [9.17, 15) is 4.79 Å². The molecule has 0 saturated heterocycles. The minimum atomic E-state index is -0.613. The Morgan fingerprint density at radius 2 is 2.47 bits per heavy atom. The van der Waals surface area contributed by atoms with Crippen molar-refractivity contribution in [2.45, 2.75) is 5.03 Å². The zero-order valence-corrected chi connectivity index (χ0v) is 9.51. The van der Waals surface area contributed by atoms with Crippen LogP contribution in [0.5, 0.6) is 0 Å². The number of hydrogen-bond donors (Lipinski definition) is 2. The van der Waals surface area contributed by atoms with Gasteiger partial charge in [0.1, 0.15) is 11.6 Å². The van der Waals surface area contributed by atoms with Crippen molar-refractivity contribution < 1.29 is 9.53 Å². The van der Waals surface area contributed by atoms with E-state index in [0.717, 1.165) is 5.03 Å². The summed E-state index contributed by atoms with van der Waals surface area (Å²) in [5.74, 6) is 5.52. The van der Waals surface area contributed by atoms with Gasteiger partial charge in [0.25, 0.3) is 0 Å². The van der Waals surface area contributed by atoms with Crippen LogP contribution in [0.4, 0.5) is 4.79 Å². The number of nitrogens with one attached hydrogen (secondary N) is 1. The summed E-state index contributed by atoms with van der Waals surface area (Å²) in [6.45, 7) is 0.327. The molecule has 3 N–H and O–H groups in total. The van der Waals surface area contributed by atoms with E-state index in [-0.39, 0.29) is 0 Å². The lowest BCUT2D eigenvalue weighted by Crippen LogP contribution is -2.31. The van der Waals surface area contributed by atoms with Crippen LogP contribution in [0.3, 0.4) is 0 Å². The van der Waals surface area contributed by atoms with Crippen molar-refractivity contribution >= 4 is 27.7 Å². The summed E-state index contributed by atoms with van der Waals surface area (Å²) in [4.78, 5) is 14.7. The molecule has 0 saturated carbocycles. The van der Waals surface area contributed by atoms with E-state index in [0.29, 0.717) is 12.4 Å². The van der Waals surface area contributed by atoms with Crippen LogP contribution in [-0.2, 0) is 4.74 Å². The van der Waals surface area contributed by atoms with Gasteiger partial charge in [0.2, 0.25) is 0 Å². The predicted octanol–water partition coefficient (Wildman–Crippen LogP) is 1.42. The summed E-state index contributed by atoms with van der Waals surface area (Å²) in [7, 11) is 3.11. The number of nitrogens with two attached hydrogens (primary N) is 1. The molecule has 1 rings (SSSR count). The second-order valence-electron chi connectivity index (χ2n) is 2.35. The van der Waals surface area contributed by atoms with Crippen molar-refractivity contribution in [1.29, 1.82) is 0 Å². The van der Waals surface area contributed by atoms with Gasteiger partial charge in [-0.1, -0.05) is 16.9 Å². The van der Waals surface area contributed by atoms with Crippen LogP contribution in [0.15, 0.2) is 29.4 Å². The van der Waals surface area contributed by atoms with Gasteiger partial charge in [-0.05, 0) is 22.9 Å². The summed E-state index contributed by atoms with van der Waals surface area (Å²) in [6.07, 6.45) is 1.12. The van der Waals surface area contributed by atoms with Gasteiger partial charge >= 0.3 is 6.09 Å². The monoisotopic (exact) mass is 245 g/mol. The molecule has 0 fully saturated rings. The van der Waals surface area contributed by atoms with E-state index in [1.165, 1.54) is 0 Å². The zero-order valence-electron chi connectivity index (χ0n) is 7.88. The highest BCUT2D eigenvalue weighted by molar-refractivity contribution is 8.76. The van der Waals surface area contributed by atoms with Crippen LogP contribution >= 0.6 is 21.6 Å². The molecule has 0 bridgehead atoms. The van der Waals surface area contributed by atoms with Gasteiger partial charge in [-0.2, -0.15) is 0 Å². The molecular formula is C8H11N3O2S2. The lowest BCUT2D eigenvalue weighted by Gasteiger charge is -2.02. The number of hydrogen-bond acceptors (Lipinski definition) is 6. The summed E-state index contributed by atoms with van der Waals surface area (Å²) >= 11 is 0. The quantitative estimate of drug-likeness (QED) is 0.268. The maximum Gasteiger partial charge on any atom is 0.421 e. The minimum absolute atomic E-state index is 0.327. The van der Waals surface area contributed by atoms with Gasteiger partial charge in [0.15, 0.2) is 0 Å². The van der Waals surface area contributed by atoms with Gasteiger partial charge in [-0.3, -0.25) is 5.43 Å².